The third-order valence-corrected chi connectivity index (χ3v) is 4.50. The summed E-state index contributed by atoms with van der Waals surface area (Å²) in [4.78, 5) is 36.7. The Kier molecular flexibility index (Phi) is 8.49. The van der Waals surface area contributed by atoms with Crippen LogP contribution in [0.4, 0.5) is 0 Å². The smallest absolute Gasteiger partial charge is 0.303 e. The van der Waals surface area contributed by atoms with E-state index >= 15 is 0 Å². The minimum atomic E-state index is -0.792. The Labute approximate surface area is 160 Å². The number of ketones is 1. The average Bonchev–Trinajstić information content (AvgIpc) is 2.65. The maximum Gasteiger partial charge on any atom is 0.303 e. The second kappa shape index (κ2) is 11.1. The van der Waals surface area contributed by atoms with Gasteiger partial charge in [-0.2, -0.15) is 0 Å². The van der Waals surface area contributed by atoms with Crippen LogP contribution in [0, 0.1) is 0 Å². The van der Waals surface area contributed by atoms with Gasteiger partial charge in [0.05, 0.1) is 0 Å². The Morgan fingerprint density at radius 1 is 1.11 bits per heavy atom. The summed E-state index contributed by atoms with van der Waals surface area (Å²) >= 11 is 0. The number of aliphatic carboxylic acids is 1. The molecule has 1 saturated heterocycles. The van der Waals surface area contributed by atoms with Crippen molar-refractivity contribution in [3.8, 4) is 0 Å². The Balaban J connectivity index is 1.87. The van der Waals surface area contributed by atoms with Crippen molar-refractivity contribution in [2.45, 2.75) is 51.4 Å². The molecule has 144 valence electrons. The molecule has 0 aliphatic carbocycles. The highest BCUT2D eigenvalue weighted by molar-refractivity contribution is 5.83. The van der Waals surface area contributed by atoms with Crippen LogP contribution in [0.2, 0.25) is 0 Å². The quantitative estimate of drug-likeness (QED) is 0.501. The normalized spacial score (nSPS) is 16.2. The Bertz CT molecular complexity index is 706. The number of Topliss-reactive ketones (excluding diaryl/α,β-unsaturated/α-hetero) is 1. The van der Waals surface area contributed by atoms with Crippen LogP contribution >= 0.6 is 0 Å². The lowest BCUT2D eigenvalue weighted by Gasteiger charge is -2.29. The molecule has 1 N–H and O–H groups in total. The van der Waals surface area contributed by atoms with Crippen LogP contribution in [0.5, 0.6) is 0 Å². The summed E-state index contributed by atoms with van der Waals surface area (Å²) in [5, 5.41) is 8.63. The van der Waals surface area contributed by atoms with Crippen LogP contribution < -0.4 is 0 Å². The van der Waals surface area contributed by atoms with Crippen LogP contribution in [0.3, 0.4) is 0 Å². The van der Waals surface area contributed by atoms with E-state index in [-0.39, 0.29) is 18.1 Å². The summed E-state index contributed by atoms with van der Waals surface area (Å²) in [5.41, 5.74) is 1.92. The molecule has 1 heterocycles. The number of carboxylic acid groups (broad SMARTS) is 1. The minimum Gasteiger partial charge on any atom is -0.481 e. The number of carbonyl (C=O) groups is 3. The molecule has 0 bridgehead atoms. The molecular formula is C22H27NO4. The van der Waals surface area contributed by atoms with Crippen molar-refractivity contribution in [1.29, 1.82) is 0 Å². The van der Waals surface area contributed by atoms with E-state index in [1.54, 1.807) is 4.90 Å². The number of benzene rings is 1. The third-order valence-electron chi connectivity index (χ3n) is 4.50. The van der Waals surface area contributed by atoms with E-state index in [1.165, 1.54) is 0 Å². The zero-order chi connectivity index (χ0) is 19.5. The first kappa shape index (κ1) is 20.6. The van der Waals surface area contributed by atoms with Crippen molar-refractivity contribution in [3.05, 3.63) is 59.8 Å². The lowest BCUT2D eigenvalue weighted by Crippen LogP contribution is -2.33. The minimum absolute atomic E-state index is 0.0817. The van der Waals surface area contributed by atoms with Gasteiger partial charge in [0.2, 0.25) is 5.91 Å². The highest BCUT2D eigenvalue weighted by Gasteiger charge is 2.21. The maximum atomic E-state index is 12.2. The van der Waals surface area contributed by atoms with Crippen molar-refractivity contribution < 1.29 is 19.5 Å². The molecule has 2 rings (SSSR count). The molecule has 1 aliphatic rings. The number of amides is 1. The molecule has 1 fully saturated rings. The monoisotopic (exact) mass is 369 g/mol. The van der Waals surface area contributed by atoms with Gasteiger partial charge < -0.3 is 10.0 Å². The van der Waals surface area contributed by atoms with Gasteiger partial charge in [0.15, 0.2) is 0 Å². The molecule has 0 unspecified atom stereocenters. The topological polar surface area (TPSA) is 74.7 Å². The maximum absolute atomic E-state index is 12.2. The highest BCUT2D eigenvalue weighted by atomic mass is 16.4. The van der Waals surface area contributed by atoms with Gasteiger partial charge in [0.1, 0.15) is 5.78 Å². The van der Waals surface area contributed by atoms with Gasteiger partial charge >= 0.3 is 5.97 Å². The highest BCUT2D eigenvalue weighted by Crippen LogP contribution is 2.22. The number of hydrogen-bond acceptors (Lipinski definition) is 3. The van der Waals surface area contributed by atoms with Crippen molar-refractivity contribution >= 4 is 17.7 Å². The molecule has 0 radical (unpaired) electrons. The number of unbranched alkanes of at least 4 members (excludes halogenated alkanes) is 1. The zero-order valence-electron chi connectivity index (χ0n) is 15.6. The summed E-state index contributed by atoms with van der Waals surface area (Å²) in [7, 11) is 0. The molecule has 0 saturated carbocycles. The Morgan fingerprint density at radius 2 is 1.89 bits per heavy atom. The fraction of sp³-hybridized carbons (Fsp3) is 0.409. The van der Waals surface area contributed by atoms with Crippen molar-refractivity contribution in [1.82, 2.24) is 4.90 Å². The van der Waals surface area contributed by atoms with E-state index in [0.717, 1.165) is 24.1 Å². The molecule has 1 aromatic carbocycles. The van der Waals surface area contributed by atoms with E-state index in [4.69, 9.17) is 5.11 Å². The Morgan fingerprint density at radius 3 is 2.63 bits per heavy atom. The van der Waals surface area contributed by atoms with E-state index in [9.17, 15) is 14.4 Å². The number of allylic oxidation sites excluding steroid dienone is 3. The second-order valence-corrected chi connectivity index (χ2v) is 6.72. The van der Waals surface area contributed by atoms with E-state index in [1.807, 2.05) is 48.6 Å². The predicted molar refractivity (Wildman–Crippen MR) is 104 cm³/mol. The number of rotatable bonds is 10. The molecule has 5 heteroatoms. The van der Waals surface area contributed by atoms with Crippen LogP contribution in [0.1, 0.15) is 50.5 Å². The molecular weight excluding hydrogens is 342 g/mol. The third kappa shape index (κ3) is 7.60. The molecule has 0 atom stereocenters. The standard InChI is InChI=1S/C22H27NO4/c24-20(17-18-9-4-3-5-10-18)15-14-19-11-8-12-21(25)23(19)16-7-2-1-6-13-22(26)27/h2-5,7,9-10,14H,1,6,8,11-13,15-17H2,(H,26,27). The zero-order valence-corrected chi connectivity index (χ0v) is 15.6. The first-order chi connectivity index (χ1) is 13.1. The summed E-state index contributed by atoms with van der Waals surface area (Å²) < 4.78 is 0. The lowest BCUT2D eigenvalue weighted by atomic mass is 10.0. The van der Waals surface area contributed by atoms with Crippen LogP contribution in [-0.2, 0) is 20.8 Å². The first-order valence-corrected chi connectivity index (χ1v) is 9.48. The number of likely N-dealkylation sites (tertiary alicyclic amines) is 1. The van der Waals surface area contributed by atoms with Crippen LogP contribution in [0.25, 0.3) is 0 Å². The van der Waals surface area contributed by atoms with Crippen molar-refractivity contribution in [3.63, 3.8) is 0 Å². The first-order valence-electron chi connectivity index (χ1n) is 9.48. The molecule has 1 amide bonds. The average molecular weight is 369 g/mol. The van der Waals surface area contributed by atoms with E-state index < -0.39 is 5.97 Å². The van der Waals surface area contributed by atoms with Gasteiger partial charge in [0.25, 0.3) is 0 Å². The largest absolute Gasteiger partial charge is 0.481 e. The SMILES string of the molecule is O=C(O)CCCC=CCN1C(=O)CCCC1=CCC(=O)Cc1ccccc1. The number of carboxylic acids is 1. The fourth-order valence-electron chi connectivity index (χ4n) is 3.08. The molecule has 0 aromatic heterocycles. The van der Waals surface area contributed by atoms with Gasteiger partial charge in [-0.3, -0.25) is 14.4 Å². The molecule has 1 aliphatic heterocycles. The van der Waals surface area contributed by atoms with Gasteiger partial charge in [-0.1, -0.05) is 48.6 Å². The second-order valence-electron chi connectivity index (χ2n) is 6.72. The number of carbonyl (C=O) groups excluding carboxylic acids is 2. The molecule has 1 aromatic rings. The summed E-state index contributed by atoms with van der Waals surface area (Å²) in [6.45, 7) is 0.477. The van der Waals surface area contributed by atoms with Gasteiger partial charge in [-0.05, 0) is 31.2 Å². The van der Waals surface area contributed by atoms with Gasteiger partial charge in [-0.15, -0.1) is 0 Å². The van der Waals surface area contributed by atoms with Crippen LogP contribution in [-0.4, -0.2) is 34.2 Å². The predicted octanol–water partition coefficient (Wildman–Crippen LogP) is 3.90. The molecule has 27 heavy (non-hydrogen) atoms. The van der Waals surface area contributed by atoms with Gasteiger partial charge in [0, 0.05) is 37.9 Å². The lowest BCUT2D eigenvalue weighted by molar-refractivity contribution is -0.137. The van der Waals surface area contributed by atoms with E-state index in [0.29, 0.717) is 38.6 Å². The number of nitrogens with zero attached hydrogens (tertiary/aromatic N) is 1. The molecule has 5 nitrogen and oxygen atoms in total. The van der Waals surface area contributed by atoms with Crippen molar-refractivity contribution in [2.24, 2.45) is 0 Å². The Hall–Kier alpha value is -2.69. The van der Waals surface area contributed by atoms with Gasteiger partial charge in [-0.25, -0.2) is 0 Å². The van der Waals surface area contributed by atoms with Crippen LogP contribution in [0.15, 0.2) is 54.3 Å². The summed E-state index contributed by atoms with van der Waals surface area (Å²) in [6, 6.07) is 9.65. The van der Waals surface area contributed by atoms with Crippen molar-refractivity contribution in [2.75, 3.05) is 6.54 Å². The fourth-order valence-corrected chi connectivity index (χ4v) is 3.08. The number of hydrogen-bond donors (Lipinski definition) is 1. The summed E-state index contributed by atoms with van der Waals surface area (Å²) in [6.07, 6.45) is 10.0. The summed E-state index contributed by atoms with van der Waals surface area (Å²) in [5.74, 6) is -0.575. The molecule has 0 spiro atoms. The number of piperidine rings is 1. The van der Waals surface area contributed by atoms with E-state index in [2.05, 4.69) is 0 Å².